The second-order valence-electron chi connectivity index (χ2n) is 6.47. The number of sulfone groups is 1. The highest BCUT2D eigenvalue weighted by Gasteiger charge is 2.10. The first-order valence-electron chi connectivity index (χ1n) is 8.58. The van der Waals surface area contributed by atoms with Crippen LogP contribution in [-0.2, 0) is 15.6 Å². The van der Waals surface area contributed by atoms with Crippen LogP contribution in [0.4, 0.5) is 0 Å². The van der Waals surface area contributed by atoms with Crippen molar-refractivity contribution in [2.24, 2.45) is 0 Å². The minimum Gasteiger partial charge on any atom is -0.224 e. The maximum absolute atomic E-state index is 12.6. The fourth-order valence-electron chi connectivity index (χ4n) is 3.26. The molecule has 0 aromatic heterocycles. The third kappa shape index (κ3) is 3.90. The first kappa shape index (κ1) is 17.8. The fourth-order valence-corrected chi connectivity index (χ4v) is 4.48. The molecule has 0 unspecified atom stereocenters. The van der Waals surface area contributed by atoms with E-state index in [9.17, 15) is 8.42 Å². The molecule has 0 bridgehead atoms. The molecule has 0 atom stereocenters. The summed E-state index contributed by atoms with van der Waals surface area (Å²) >= 11 is 5.87. The molecule has 0 aliphatic heterocycles. The number of hydrogen-bond acceptors (Lipinski definition) is 2. The monoisotopic (exact) mass is 392 g/mol. The molecule has 0 saturated carbocycles. The van der Waals surface area contributed by atoms with Crippen molar-refractivity contribution in [3.05, 3.63) is 100 Å². The first-order chi connectivity index (χ1) is 13.0. The maximum atomic E-state index is 12.6. The highest BCUT2D eigenvalue weighted by atomic mass is 35.5. The zero-order chi connectivity index (χ0) is 18.9. The quantitative estimate of drug-likeness (QED) is 0.385. The Balaban J connectivity index is 1.78. The largest absolute Gasteiger partial charge is 0.224 e. The molecule has 0 saturated heterocycles. The Hall–Kier alpha value is -2.62. The lowest BCUT2D eigenvalue weighted by Crippen LogP contribution is -1.99. The highest BCUT2D eigenvalue weighted by molar-refractivity contribution is 7.93. The van der Waals surface area contributed by atoms with Crippen LogP contribution in [0.5, 0.6) is 0 Å². The second kappa shape index (κ2) is 7.18. The van der Waals surface area contributed by atoms with E-state index in [1.165, 1.54) is 5.41 Å². The van der Waals surface area contributed by atoms with Gasteiger partial charge in [-0.05, 0) is 56.9 Å². The van der Waals surface area contributed by atoms with Crippen molar-refractivity contribution < 1.29 is 8.42 Å². The van der Waals surface area contributed by atoms with Gasteiger partial charge in [-0.25, -0.2) is 8.42 Å². The van der Waals surface area contributed by atoms with Crippen LogP contribution in [0, 0.1) is 0 Å². The number of hydrogen-bond donors (Lipinski definition) is 0. The normalized spacial score (nSPS) is 12.2. The molecule has 0 aliphatic carbocycles. The van der Waals surface area contributed by atoms with Crippen molar-refractivity contribution in [2.45, 2.75) is 5.75 Å². The van der Waals surface area contributed by atoms with Crippen LogP contribution in [0.15, 0.2) is 84.3 Å². The Labute approximate surface area is 163 Å². The minimum absolute atomic E-state index is 0.0522. The van der Waals surface area contributed by atoms with Crippen LogP contribution >= 0.6 is 11.6 Å². The lowest BCUT2D eigenvalue weighted by atomic mass is 9.97. The zero-order valence-electron chi connectivity index (χ0n) is 14.5. The van der Waals surface area contributed by atoms with Crippen LogP contribution in [0.3, 0.4) is 0 Å². The Kier molecular flexibility index (Phi) is 4.73. The number of fused-ring (bicyclic) bond motifs is 2. The van der Waals surface area contributed by atoms with Gasteiger partial charge in [0.1, 0.15) is 0 Å². The molecule has 4 rings (SSSR count). The third-order valence-corrected chi connectivity index (χ3v) is 6.07. The molecule has 0 radical (unpaired) electrons. The standard InChI is InChI=1S/C23H17ClO2S/c24-20-11-9-17(10-12-20)16-27(25,26)14-13-23-21-7-3-1-5-18(21)15-19-6-2-4-8-22(19)23/h1-15H,16H2/b14-13+. The van der Waals surface area contributed by atoms with Crippen LogP contribution in [0.1, 0.15) is 11.1 Å². The molecule has 4 heteroatoms. The molecule has 27 heavy (non-hydrogen) atoms. The summed E-state index contributed by atoms with van der Waals surface area (Å²) in [6.07, 6.45) is 1.72. The predicted molar refractivity (Wildman–Crippen MR) is 115 cm³/mol. The average molecular weight is 393 g/mol. The number of halogens is 1. The summed E-state index contributed by atoms with van der Waals surface area (Å²) in [5.41, 5.74) is 1.63. The molecule has 0 spiro atoms. The molecular formula is C23H17ClO2S. The van der Waals surface area contributed by atoms with Gasteiger partial charge >= 0.3 is 0 Å². The van der Waals surface area contributed by atoms with Gasteiger partial charge in [0, 0.05) is 10.4 Å². The number of benzene rings is 4. The third-order valence-electron chi connectivity index (χ3n) is 4.54. The Morgan fingerprint density at radius 3 is 1.93 bits per heavy atom. The Morgan fingerprint density at radius 2 is 1.33 bits per heavy atom. The van der Waals surface area contributed by atoms with Gasteiger partial charge in [-0.15, -0.1) is 0 Å². The van der Waals surface area contributed by atoms with Crippen molar-refractivity contribution in [3.63, 3.8) is 0 Å². The summed E-state index contributed by atoms with van der Waals surface area (Å²) in [5, 5.41) is 6.16. The molecular weight excluding hydrogens is 376 g/mol. The maximum Gasteiger partial charge on any atom is 0.175 e. The second-order valence-corrected chi connectivity index (χ2v) is 8.79. The van der Waals surface area contributed by atoms with Crippen molar-refractivity contribution in [2.75, 3.05) is 0 Å². The van der Waals surface area contributed by atoms with E-state index in [0.29, 0.717) is 10.6 Å². The highest BCUT2D eigenvalue weighted by Crippen LogP contribution is 2.29. The SMILES string of the molecule is O=S(=O)(/C=C/c1c2ccccc2cc2ccccc12)Cc1ccc(Cl)cc1. The average Bonchev–Trinajstić information content (AvgIpc) is 2.67. The summed E-state index contributed by atoms with van der Waals surface area (Å²) in [5.74, 6) is -0.0522. The van der Waals surface area contributed by atoms with Gasteiger partial charge < -0.3 is 0 Å². The Morgan fingerprint density at radius 1 is 0.778 bits per heavy atom. The molecule has 0 heterocycles. The van der Waals surface area contributed by atoms with E-state index in [1.54, 1.807) is 30.3 Å². The van der Waals surface area contributed by atoms with E-state index < -0.39 is 9.84 Å². The molecule has 2 nitrogen and oxygen atoms in total. The smallest absolute Gasteiger partial charge is 0.175 e. The fraction of sp³-hybridized carbons (Fsp3) is 0.0435. The lowest BCUT2D eigenvalue weighted by molar-refractivity contribution is 0.604. The summed E-state index contributed by atoms with van der Waals surface area (Å²) in [6, 6.07) is 25.1. The van der Waals surface area contributed by atoms with E-state index in [-0.39, 0.29) is 5.75 Å². The van der Waals surface area contributed by atoms with Crippen molar-refractivity contribution in [3.8, 4) is 0 Å². The van der Waals surface area contributed by atoms with E-state index in [1.807, 2.05) is 48.5 Å². The van der Waals surface area contributed by atoms with Gasteiger partial charge in [0.25, 0.3) is 0 Å². The van der Waals surface area contributed by atoms with Gasteiger partial charge in [-0.2, -0.15) is 0 Å². The van der Waals surface area contributed by atoms with Gasteiger partial charge in [0.05, 0.1) is 5.75 Å². The van der Waals surface area contributed by atoms with Crippen molar-refractivity contribution >= 4 is 49.1 Å². The van der Waals surface area contributed by atoms with Crippen LogP contribution in [0.2, 0.25) is 5.02 Å². The summed E-state index contributed by atoms with van der Waals surface area (Å²) in [6.45, 7) is 0. The Bertz CT molecular complexity index is 1200. The van der Waals surface area contributed by atoms with Gasteiger partial charge in [-0.1, -0.05) is 72.3 Å². The van der Waals surface area contributed by atoms with E-state index in [0.717, 1.165) is 27.1 Å². The van der Waals surface area contributed by atoms with Crippen molar-refractivity contribution in [1.29, 1.82) is 0 Å². The topological polar surface area (TPSA) is 34.1 Å². The van der Waals surface area contributed by atoms with Crippen LogP contribution < -0.4 is 0 Å². The minimum atomic E-state index is -3.41. The molecule has 4 aromatic rings. The molecule has 134 valence electrons. The first-order valence-corrected chi connectivity index (χ1v) is 10.7. The van der Waals surface area contributed by atoms with Gasteiger partial charge in [-0.3, -0.25) is 0 Å². The summed E-state index contributed by atoms with van der Waals surface area (Å²) < 4.78 is 25.2. The van der Waals surface area contributed by atoms with Gasteiger partial charge in [0.2, 0.25) is 0 Å². The van der Waals surface area contributed by atoms with Crippen molar-refractivity contribution in [1.82, 2.24) is 0 Å². The molecule has 0 amide bonds. The predicted octanol–water partition coefficient (Wildman–Crippen LogP) is 6.23. The van der Waals surface area contributed by atoms with E-state index in [2.05, 4.69) is 6.07 Å². The number of rotatable bonds is 4. The van der Waals surface area contributed by atoms with Crippen LogP contribution in [0.25, 0.3) is 27.6 Å². The summed E-state index contributed by atoms with van der Waals surface area (Å²) in [7, 11) is -3.41. The van der Waals surface area contributed by atoms with E-state index in [4.69, 9.17) is 11.6 Å². The summed E-state index contributed by atoms with van der Waals surface area (Å²) in [4.78, 5) is 0. The molecule has 0 aliphatic rings. The molecule has 4 aromatic carbocycles. The lowest BCUT2D eigenvalue weighted by Gasteiger charge is -2.08. The molecule has 0 N–H and O–H groups in total. The zero-order valence-corrected chi connectivity index (χ0v) is 16.0. The van der Waals surface area contributed by atoms with E-state index >= 15 is 0 Å². The van der Waals surface area contributed by atoms with Crippen LogP contribution in [-0.4, -0.2) is 8.42 Å². The molecule has 0 fully saturated rings. The van der Waals surface area contributed by atoms with Gasteiger partial charge in [0.15, 0.2) is 9.84 Å².